The number of benzene rings is 10. The highest BCUT2D eigenvalue weighted by Crippen LogP contribution is 2.45. The van der Waals surface area contributed by atoms with Crippen LogP contribution in [0.25, 0.3) is 98.7 Å². The van der Waals surface area contributed by atoms with E-state index in [4.69, 9.17) is 0 Å². The van der Waals surface area contributed by atoms with Crippen LogP contribution in [0.1, 0.15) is 0 Å². The van der Waals surface area contributed by atoms with E-state index in [1.54, 1.807) is 0 Å². The zero-order valence-corrected chi connectivity index (χ0v) is 30.0. The van der Waals surface area contributed by atoms with Crippen LogP contribution in [0.5, 0.6) is 0 Å². The zero-order valence-electron chi connectivity index (χ0n) is 30.0. The van der Waals surface area contributed by atoms with Crippen molar-refractivity contribution >= 4 is 43.1 Å². The van der Waals surface area contributed by atoms with E-state index in [9.17, 15) is 0 Å². The minimum absolute atomic E-state index is 1.20. The lowest BCUT2D eigenvalue weighted by Crippen LogP contribution is -1.91. The summed E-state index contributed by atoms with van der Waals surface area (Å²) in [7, 11) is 0. The quantitative estimate of drug-likeness (QED) is 0.125. The molecule has 0 saturated carbocycles. The van der Waals surface area contributed by atoms with Crippen LogP contribution in [-0.4, -0.2) is 0 Å². The molecule has 0 bridgehead atoms. The molecule has 0 nitrogen and oxygen atoms in total. The van der Waals surface area contributed by atoms with Crippen molar-refractivity contribution in [1.82, 2.24) is 0 Å². The number of hydrogen-bond donors (Lipinski definition) is 0. The molecule has 0 saturated heterocycles. The van der Waals surface area contributed by atoms with E-state index in [-0.39, 0.29) is 0 Å². The van der Waals surface area contributed by atoms with Gasteiger partial charge in [0.1, 0.15) is 0 Å². The second-order valence-electron chi connectivity index (χ2n) is 13.7. The van der Waals surface area contributed by atoms with Crippen LogP contribution in [0.15, 0.2) is 219 Å². The summed E-state index contributed by atoms with van der Waals surface area (Å²) in [5, 5.41) is 10.1. The second kappa shape index (κ2) is 14.2. The van der Waals surface area contributed by atoms with E-state index >= 15 is 0 Å². The molecular weight excluding hydrogens is 649 g/mol. The van der Waals surface area contributed by atoms with Crippen LogP contribution in [0.4, 0.5) is 0 Å². The highest BCUT2D eigenvalue weighted by molar-refractivity contribution is 6.21. The second-order valence-corrected chi connectivity index (χ2v) is 13.7. The predicted molar refractivity (Wildman–Crippen MR) is 235 cm³/mol. The standard InChI is InChI=1S/C52H34.C2H4/c1-2-13-35(14-3-1)44-32-45(34-46(33-44)41-27-25-36-15-4-6-17-38(36)29-41)40-19-12-20-42(31-40)51-47-21-8-10-23-49(47)52(50-24-11-9-22-48(50)51)43-28-26-37-16-5-7-18-39(37)30-43;1-2/h1-34H;1-2H2. The topological polar surface area (TPSA) is 0 Å². The van der Waals surface area contributed by atoms with Gasteiger partial charge in [-0.25, -0.2) is 0 Å². The van der Waals surface area contributed by atoms with Gasteiger partial charge in [-0.1, -0.05) is 170 Å². The first-order valence-electron chi connectivity index (χ1n) is 18.5. The molecule has 0 heteroatoms. The third kappa shape index (κ3) is 5.94. The van der Waals surface area contributed by atoms with E-state index in [2.05, 4.69) is 219 Å². The maximum Gasteiger partial charge on any atom is -0.00262 e. The molecular formula is C54H38. The third-order valence-corrected chi connectivity index (χ3v) is 10.6. The molecule has 0 unspecified atom stereocenters. The lowest BCUT2D eigenvalue weighted by molar-refractivity contribution is 1.57. The maximum absolute atomic E-state index is 3.00. The molecule has 0 atom stereocenters. The highest BCUT2D eigenvalue weighted by Gasteiger charge is 2.17. The molecule has 0 aromatic heterocycles. The fraction of sp³-hybridized carbons (Fsp3) is 0. The van der Waals surface area contributed by atoms with E-state index in [1.807, 2.05) is 0 Å². The van der Waals surface area contributed by atoms with Gasteiger partial charge >= 0.3 is 0 Å². The van der Waals surface area contributed by atoms with E-state index < -0.39 is 0 Å². The number of rotatable bonds is 5. The molecule has 54 heavy (non-hydrogen) atoms. The van der Waals surface area contributed by atoms with Gasteiger partial charge in [0.2, 0.25) is 0 Å². The van der Waals surface area contributed by atoms with Crippen LogP contribution in [0, 0.1) is 0 Å². The Labute approximate surface area is 316 Å². The highest BCUT2D eigenvalue weighted by atomic mass is 14.2. The van der Waals surface area contributed by atoms with Crippen LogP contribution >= 0.6 is 0 Å². The predicted octanol–water partition coefficient (Wildman–Crippen LogP) is 15.4. The van der Waals surface area contributed by atoms with Crippen molar-refractivity contribution in [3.05, 3.63) is 219 Å². The van der Waals surface area contributed by atoms with Crippen molar-refractivity contribution in [3.63, 3.8) is 0 Å². The molecule has 0 aliphatic rings. The lowest BCUT2D eigenvalue weighted by Gasteiger charge is -2.18. The van der Waals surface area contributed by atoms with Crippen LogP contribution in [0.2, 0.25) is 0 Å². The van der Waals surface area contributed by atoms with E-state index in [1.165, 1.54) is 98.7 Å². The molecule has 10 rings (SSSR count). The van der Waals surface area contributed by atoms with Crippen LogP contribution in [0.3, 0.4) is 0 Å². The molecule has 0 radical (unpaired) electrons. The van der Waals surface area contributed by atoms with Gasteiger partial charge in [-0.15, -0.1) is 13.2 Å². The smallest absolute Gasteiger partial charge is 0.00262 e. The fourth-order valence-corrected chi connectivity index (χ4v) is 8.08. The Hall–Kier alpha value is -7.02. The maximum atomic E-state index is 3.00. The summed E-state index contributed by atoms with van der Waals surface area (Å²) < 4.78 is 0. The Bertz CT molecular complexity index is 2910. The van der Waals surface area contributed by atoms with Gasteiger partial charge in [-0.05, 0) is 135 Å². The molecule has 0 spiro atoms. The van der Waals surface area contributed by atoms with Crippen LogP contribution in [-0.2, 0) is 0 Å². The molecule has 0 N–H and O–H groups in total. The minimum Gasteiger partial charge on any atom is -0.106 e. The van der Waals surface area contributed by atoms with Gasteiger partial charge in [0.25, 0.3) is 0 Å². The molecule has 254 valence electrons. The van der Waals surface area contributed by atoms with Gasteiger partial charge in [0.15, 0.2) is 0 Å². The normalized spacial score (nSPS) is 11.1. The van der Waals surface area contributed by atoms with Crippen molar-refractivity contribution in [1.29, 1.82) is 0 Å². The largest absolute Gasteiger partial charge is 0.106 e. The summed E-state index contributed by atoms with van der Waals surface area (Å²) in [6.45, 7) is 6.00. The Morgan fingerprint density at radius 3 is 1.07 bits per heavy atom. The van der Waals surface area contributed by atoms with Crippen molar-refractivity contribution in [2.75, 3.05) is 0 Å². The van der Waals surface area contributed by atoms with Crippen molar-refractivity contribution < 1.29 is 0 Å². The first-order chi connectivity index (χ1) is 26.8. The average molecular weight is 687 g/mol. The summed E-state index contributed by atoms with van der Waals surface area (Å²) in [6, 6.07) is 75.7. The average Bonchev–Trinajstić information content (AvgIpc) is 3.26. The van der Waals surface area contributed by atoms with Gasteiger partial charge in [-0.2, -0.15) is 0 Å². The van der Waals surface area contributed by atoms with Gasteiger partial charge in [-0.3, -0.25) is 0 Å². The van der Waals surface area contributed by atoms with Crippen molar-refractivity contribution in [2.24, 2.45) is 0 Å². The number of hydrogen-bond acceptors (Lipinski definition) is 0. The van der Waals surface area contributed by atoms with Crippen LogP contribution < -0.4 is 0 Å². The lowest BCUT2D eigenvalue weighted by atomic mass is 9.85. The first-order valence-corrected chi connectivity index (χ1v) is 18.5. The molecule has 0 amide bonds. The molecule has 10 aromatic carbocycles. The Kier molecular flexibility index (Phi) is 8.63. The van der Waals surface area contributed by atoms with Gasteiger partial charge < -0.3 is 0 Å². The minimum atomic E-state index is 1.20. The van der Waals surface area contributed by atoms with E-state index in [0.717, 1.165) is 0 Å². The Morgan fingerprint density at radius 1 is 0.204 bits per heavy atom. The Morgan fingerprint density at radius 2 is 0.537 bits per heavy atom. The van der Waals surface area contributed by atoms with Crippen molar-refractivity contribution in [2.45, 2.75) is 0 Å². The summed E-state index contributed by atoms with van der Waals surface area (Å²) in [5.41, 5.74) is 12.3. The molecule has 0 aliphatic heterocycles. The number of fused-ring (bicyclic) bond motifs is 4. The summed E-state index contributed by atoms with van der Waals surface area (Å²) >= 11 is 0. The first kappa shape index (κ1) is 32.9. The van der Waals surface area contributed by atoms with Gasteiger partial charge in [0.05, 0.1) is 0 Å². The summed E-state index contributed by atoms with van der Waals surface area (Å²) in [4.78, 5) is 0. The molecule has 0 fully saturated rings. The fourth-order valence-electron chi connectivity index (χ4n) is 8.08. The Balaban J connectivity index is 0.00000189. The van der Waals surface area contributed by atoms with Gasteiger partial charge in [0, 0.05) is 0 Å². The van der Waals surface area contributed by atoms with Crippen molar-refractivity contribution in [3.8, 4) is 55.6 Å². The SMILES string of the molecule is C=C.c1ccc(-c2cc(-c3cccc(-c4c5ccccc5c(-c5ccc6ccccc6c5)c5ccccc45)c3)cc(-c3ccc4ccccc4c3)c2)cc1. The zero-order chi connectivity index (χ0) is 36.4. The molecule has 0 aliphatic carbocycles. The van der Waals surface area contributed by atoms with E-state index in [0.29, 0.717) is 0 Å². The third-order valence-electron chi connectivity index (χ3n) is 10.6. The summed E-state index contributed by atoms with van der Waals surface area (Å²) in [6.07, 6.45) is 0. The molecule has 0 heterocycles. The monoisotopic (exact) mass is 686 g/mol. The summed E-state index contributed by atoms with van der Waals surface area (Å²) in [5.74, 6) is 0. The molecule has 10 aromatic rings.